The number of likely N-dealkylation sites (tertiary alicyclic amines) is 1. The first-order chi connectivity index (χ1) is 8.05. The number of nitrogens with two attached hydrogens (primary N) is 1. The van der Waals surface area contributed by atoms with Crippen LogP contribution in [0.15, 0.2) is 0 Å². The standard InChI is InChI=1S/C12H22N2O2S/c13-8-12(4-1-5-17(15,16)9-12)14-7-10-2-3-11(14)6-10/h10-11H,1-9,13H2. The SMILES string of the molecule is NCC1(N2CC3CCC2C3)CCCS(=O)(=O)C1. The van der Waals surface area contributed by atoms with Gasteiger partial charge in [-0.25, -0.2) is 8.42 Å². The molecule has 2 heterocycles. The lowest BCUT2D eigenvalue weighted by atomic mass is 9.91. The monoisotopic (exact) mass is 258 g/mol. The van der Waals surface area contributed by atoms with E-state index in [4.69, 9.17) is 5.73 Å². The van der Waals surface area contributed by atoms with E-state index in [9.17, 15) is 8.42 Å². The summed E-state index contributed by atoms with van der Waals surface area (Å²) in [6.45, 7) is 1.58. The highest BCUT2D eigenvalue weighted by Crippen LogP contribution is 2.43. The van der Waals surface area contributed by atoms with Gasteiger partial charge in [-0.05, 0) is 38.0 Å². The summed E-state index contributed by atoms with van der Waals surface area (Å²) in [6, 6.07) is 0.608. The van der Waals surface area contributed by atoms with Crippen molar-refractivity contribution in [1.29, 1.82) is 0 Å². The molecule has 0 aromatic carbocycles. The first kappa shape index (κ1) is 11.9. The normalized spacial score (nSPS) is 45.2. The molecule has 2 N–H and O–H groups in total. The van der Waals surface area contributed by atoms with Crippen LogP contribution < -0.4 is 5.73 Å². The molecular weight excluding hydrogens is 236 g/mol. The summed E-state index contributed by atoms with van der Waals surface area (Å²) < 4.78 is 23.8. The van der Waals surface area contributed by atoms with Crippen molar-refractivity contribution in [2.75, 3.05) is 24.6 Å². The Hall–Kier alpha value is -0.130. The lowest BCUT2D eigenvalue weighted by Gasteiger charge is -2.47. The zero-order valence-electron chi connectivity index (χ0n) is 10.3. The molecule has 4 nitrogen and oxygen atoms in total. The van der Waals surface area contributed by atoms with E-state index in [2.05, 4.69) is 4.90 Å². The topological polar surface area (TPSA) is 63.4 Å². The van der Waals surface area contributed by atoms with Crippen LogP contribution in [-0.4, -0.2) is 49.5 Å². The van der Waals surface area contributed by atoms with E-state index in [1.807, 2.05) is 0 Å². The van der Waals surface area contributed by atoms with Gasteiger partial charge in [0, 0.05) is 24.7 Å². The van der Waals surface area contributed by atoms with Crippen molar-refractivity contribution in [2.24, 2.45) is 11.7 Å². The number of sulfone groups is 1. The van der Waals surface area contributed by atoms with Crippen LogP contribution in [0.5, 0.6) is 0 Å². The summed E-state index contributed by atoms with van der Waals surface area (Å²) in [5.74, 6) is 1.45. The number of nitrogens with zero attached hydrogens (tertiary/aromatic N) is 1. The summed E-state index contributed by atoms with van der Waals surface area (Å²) in [7, 11) is -2.88. The van der Waals surface area contributed by atoms with Crippen LogP contribution >= 0.6 is 0 Å². The predicted molar refractivity (Wildman–Crippen MR) is 67.5 cm³/mol. The minimum atomic E-state index is -2.88. The van der Waals surface area contributed by atoms with Crippen LogP contribution in [-0.2, 0) is 9.84 Å². The molecule has 0 aromatic rings. The van der Waals surface area contributed by atoms with Gasteiger partial charge >= 0.3 is 0 Å². The fourth-order valence-electron chi connectivity index (χ4n) is 4.19. The molecule has 2 aliphatic heterocycles. The molecule has 3 fully saturated rings. The van der Waals surface area contributed by atoms with Gasteiger partial charge in [0.15, 0.2) is 9.84 Å². The zero-order valence-corrected chi connectivity index (χ0v) is 11.1. The summed E-state index contributed by atoms with van der Waals surface area (Å²) in [4.78, 5) is 2.46. The summed E-state index contributed by atoms with van der Waals surface area (Å²) in [6.07, 6.45) is 5.59. The molecule has 17 heavy (non-hydrogen) atoms. The van der Waals surface area contributed by atoms with Crippen molar-refractivity contribution in [2.45, 2.75) is 43.7 Å². The second-order valence-corrected chi connectivity index (χ2v) is 8.29. The molecule has 0 spiro atoms. The van der Waals surface area contributed by atoms with Gasteiger partial charge in [-0.1, -0.05) is 0 Å². The maximum atomic E-state index is 11.9. The maximum absolute atomic E-state index is 11.9. The molecule has 3 atom stereocenters. The Morgan fingerprint density at radius 1 is 1.35 bits per heavy atom. The van der Waals surface area contributed by atoms with Crippen LogP contribution in [0.4, 0.5) is 0 Å². The summed E-state index contributed by atoms with van der Waals surface area (Å²) in [5, 5.41) is 0. The van der Waals surface area contributed by atoms with E-state index >= 15 is 0 Å². The fourth-order valence-corrected chi connectivity index (χ4v) is 6.16. The van der Waals surface area contributed by atoms with E-state index in [0.717, 1.165) is 25.3 Å². The van der Waals surface area contributed by atoms with Gasteiger partial charge in [-0.15, -0.1) is 0 Å². The predicted octanol–water partition coefficient (Wildman–Crippen LogP) is 0.377. The zero-order chi connectivity index (χ0) is 12.1. The van der Waals surface area contributed by atoms with Crippen molar-refractivity contribution in [3.05, 3.63) is 0 Å². The first-order valence-corrected chi connectivity index (χ1v) is 8.54. The van der Waals surface area contributed by atoms with Gasteiger partial charge in [-0.3, -0.25) is 4.90 Å². The molecule has 98 valence electrons. The van der Waals surface area contributed by atoms with Crippen LogP contribution in [0.3, 0.4) is 0 Å². The first-order valence-electron chi connectivity index (χ1n) is 6.72. The van der Waals surface area contributed by atoms with Gasteiger partial charge in [0.05, 0.1) is 11.5 Å². The molecule has 3 unspecified atom stereocenters. The smallest absolute Gasteiger partial charge is 0.152 e. The number of piperidine rings is 1. The number of hydrogen-bond acceptors (Lipinski definition) is 4. The van der Waals surface area contributed by atoms with Crippen molar-refractivity contribution in [3.8, 4) is 0 Å². The highest BCUT2D eigenvalue weighted by atomic mass is 32.2. The Morgan fingerprint density at radius 2 is 2.18 bits per heavy atom. The quantitative estimate of drug-likeness (QED) is 0.777. The van der Waals surface area contributed by atoms with Crippen LogP contribution in [0.1, 0.15) is 32.1 Å². The molecule has 0 aromatic heterocycles. The molecule has 1 aliphatic carbocycles. The molecule has 1 saturated carbocycles. The Bertz CT molecular complexity index is 409. The molecule has 3 rings (SSSR count). The third kappa shape index (κ3) is 1.92. The Morgan fingerprint density at radius 3 is 2.71 bits per heavy atom. The third-order valence-corrected chi connectivity index (χ3v) is 6.87. The average Bonchev–Trinajstić information content (AvgIpc) is 2.89. The Balaban J connectivity index is 1.87. The van der Waals surface area contributed by atoms with E-state index in [1.54, 1.807) is 0 Å². The van der Waals surface area contributed by atoms with Crippen LogP contribution in [0, 0.1) is 5.92 Å². The van der Waals surface area contributed by atoms with E-state index in [-0.39, 0.29) is 5.54 Å². The van der Waals surface area contributed by atoms with Crippen molar-refractivity contribution in [3.63, 3.8) is 0 Å². The molecular formula is C12H22N2O2S. The summed E-state index contributed by atoms with van der Waals surface area (Å²) >= 11 is 0. The van der Waals surface area contributed by atoms with Crippen molar-refractivity contribution >= 4 is 9.84 Å². The third-order valence-electron chi connectivity index (χ3n) is 4.98. The molecule has 0 radical (unpaired) electrons. The van der Waals surface area contributed by atoms with Gasteiger partial charge in [0.1, 0.15) is 0 Å². The van der Waals surface area contributed by atoms with E-state index in [0.29, 0.717) is 24.1 Å². The fraction of sp³-hybridized carbons (Fsp3) is 1.00. The molecule has 2 saturated heterocycles. The number of rotatable bonds is 2. The van der Waals surface area contributed by atoms with Gasteiger partial charge < -0.3 is 5.73 Å². The Kier molecular flexibility index (Phi) is 2.76. The van der Waals surface area contributed by atoms with Gasteiger partial charge in [-0.2, -0.15) is 0 Å². The Labute approximate surface area is 103 Å². The number of hydrogen-bond donors (Lipinski definition) is 1. The van der Waals surface area contributed by atoms with Crippen LogP contribution in [0.25, 0.3) is 0 Å². The molecule has 0 amide bonds. The second-order valence-electron chi connectivity index (χ2n) is 6.11. The minimum Gasteiger partial charge on any atom is -0.329 e. The highest BCUT2D eigenvalue weighted by molar-refractivity contribution is 7.91. The van der Waals surface area contributed by atoms with Crippen LogP contribution in [0.2, 0.25) is 0 Å². The summed E-state index contributed by atoms with van der Waals surface area (Å²) in [5.41, 5.74) is 5.73. The van der Waals surface area contributed by atoms with E-state index < -0.39 is 9.84 Å². The van der Waals surface area contributed by atoms with Crippen molar-refractivity contribution < 1.29 is 8.42 Å². The highest BCUT2D eigenvalue weighted by Gasteiger charge is 2.50. The molecule has 3 aliphatic rings. The van der Waals surface area contributed by atoms with Crippen molar-refractivity contribution in [1.82, 2.24) is 4.90 Å². The minimum absolute atomic E-state index is 0.239. The lowest BCUT2D eigenvalue weighted by molar-refractivity contribution is 0.0665. The largest absolute Gasteiger partial charge is 0.329 e. The second kappa shape index (κ2) is 3.93. The molecule has 2 bridgehead atoms. The van der Waals surface area contributed by atoms with E-state index in [1.165, 1.54) is 19.3 Å². The maximum Gasteiger partial charge on any atom is 0.152 e. The van der Waals surface area contributed by atoms with Gasteiger partial charge in [0.2, 0.25) is 0 Å². The van der Waals surface area contributed by atoms with Gasteiger partial charge in [0.25, 0.3) is 0 Å². The molecule has 5 heteroatoms. The number of fused-ring (bicyclic) bond motifs is 2. The average molecular weight is 258 g/mol. The lowest BCUT2D eigenvalue weighted by Crippen LogP contribution is -2.62.